The summed E-state index contributed by atoms with van der Waals surface area (Å²) in [5.41, 5.74) is 16.6. The fraction of sp³-hybridized carbons (Fsp3) is 0.111. The normalized spacial score (nSPS) is 11.1. The Morgan fingerprint density at radius 3 is 2.56 bits per heavy atom. The topological polar surface area (TPSA) is 109 Å². The monoisotopic (exact) mass is 331 g/mol. The van der Waals surface area contributed by atoms with Crippen LogP contribution in [0.5, 0.6) is 0 Å². The third-order valence-electron chi connectivity index (χ3n) is 4.09. The van der Waals surface area contributed by atoms with E-state index in [4.69, 9.17) is 16.5 Å². The molecular weight excluding hydrogens is 314 g/mol. The Morgan fingerprint density at radius 2 is 1.80 bits per heavy atom. The zero-order valence-corrected chi connectivity index (χ0v) is 13.7. The maximum absolute atomic E-state index is 6.11. The van der Waals surface area contributed by atoms with Crippen LogP contribution in [0.3, 0.4) is 0 Å². The van der Waals surface area contributed by atoms with Gasteiger partial charge in [0.2, 0.25) is 0 Å². The summed E-state index contributed by atoms with van der Waals surface area (Å²) in [7, 11) is 0. The first kappa shape index (κ1) is 15.1. The van der Waals surface area contributed by atoms with Crippen molar-refractivity contribution in [3.05, 3.63) is 48.9 Å². The van der Waals surface area contributed by atoms with Crippen LogP contribution in [-0.4, -0.2) is 24.5 Å². The molecule has 0 aliphatic heterocycles. The van der Waals surface area contributed by atoms with E-state index in [0.717, 1.165) is 28.8 Å². The summed E-state index contributed by atoms with van der Waals surface area (Å²) < 4.78 is 2.06. The zero-order chi connectivity index (χ0) is 17.4. The second-order valence-electron chi connectivity index (χ2n) is 5.66. The van der Waals surface area contributed by atoms with E-state index in [0.29, 0.717) is 23.0 Å². The molecule has 0 aliphatic carbocycles. The van der Waals surface area contributed by atoms with E-state index >= 15 is 0 Å². The van der Waals surface area contributed by atoms with E-state index in [1.54, 1.807) is 18.6 Å². The van der Waals surface area contributed by atoms with Crippen molar-refractivity contribution in [2.75, 3.05) is 11.5 Å². The first-order valence-electron chi connectivity index (χ1n) is 7.96. The van der Waals surface area contributed by atoms with Crippen molar-refractivity contribution in [2.24, 2.45) is 0 Å². The molecule has 0 amide bonds. The molecule has 0 spiro atoms. The molecule has 0 saturated carbocycles. The van der Waals surface area contributed by atoms with Gasteiger partial charge >= 0.3 is 0 Å². The Hall–Kier alpha value is -3.48. The number of aromatic nitrogens is 5. The minimum Gasteiger partial charge on any atom is -0.399 e. The molecule has 25 heavy (non-hydrogen) atoms. The quantitative estimate of drug-likeness (QED) is 0.559. The first-order chi connectivity index (χ1) is 12.2. The van der Waals surface area contributed by atoms with Crippen LogP contribution in [0.15, 0.2) is 48.9 Å². The summed E-state index contributed by atoms with van der Waals surface area (Å²) >= 11 is 0. The van der Waals surface area contributed by atoms with Gasteiger partial charge < -0.3 is 16.0 Å². The number of hydrogen-bond acceptors (Lipinski definition) is 6. The van der Waals surface area contributed by atoms with Gasteiger partial charge in [0, 0.05) is 24.0 Å². The van der Waals surface area contributed by atoms with Crippen LogP contribution in [0.2, 0.25) is 0 Å². The standard InChI is InChI=1S/C18H17N7/c1-2-25-15-7-8-21-9-14(15)24-18(25)16-17(20)22-10-13(23-16)11-3-5-12(19)6-4-11/h3-10H,2,19H2,1H3,(H2,20,22). The summed E-state index contributed by atoms with van der Waals surface area (Å²) in [5, 5.41) is 0. The molecule has 7 nitrogen and oxygen atoms in total. The second-order valence-corrected chi connectivity index (χ2v) is 5.66. The van der Waals surface area contributed by atoms with E-state index in [2.05, 4.69) is 26.4 Å². The van der Waals surface area contributed by atoms with Crippen molar-refractivity contribution < 1.29 is 0 Å². The molecule has 1 aromatic carbocycles. The summed E-state index contributed by atoms with van der Waals surface area (Å²) in [4.78, 5) is 17.8. The van der Waals surface area contributed by atoms with Crippen LogP contribution >= 0.6 is 0 Å². The number of hydrogen-bond donors (Lipinski definition) is 2. The molecule has 124 valence electrons. The molecule has 4 N–H and O–H groups in total. The molecule has 3 aromatic heterocycles. The molecule has 7 heteroatoms. The summed E-state index contributed by atoms with van der Waals surface area (Å²) in [6, 6.07) is 9.42. The number of aryl methyl sites for hydroxylation is 1. The molecule has 4 aromatic rings. The van der Waals surface area contributed by atoms with Gasteiger partial charge in [-0.15, -0.1) is 0 Å². The van der Waals surface area contributed by atoms with Gasteiger partial charge in [0.1, 0.15) is 11.2 Å². The number of nitrogens with zero attached hydrogens (tertiary/aromatic N) is 5. The maximum atomic E-state index is 6.11. The number of rotatable bonds is 3. The van der Waals surface area contributed by atoms with Crippen molar-refractivity contribution in [3.63, 3.8) is 0 Å². The molecule has 0 unspecified atom stereocenters. The molecule has 3 heterocycles. The highest BCUT2D eigenvalue weighted by Crippen LogP contribution is 2.28. The largest absolute Gasteiger partial charge is 0.399 e. The Bertz CT molecular complexity index is 1050. The lowest BCUT2D eigenvalue weighted by Crippen LogP contribution is -2.04. The number of nitrogen functional groups attached to an aromatic ring is 2. The molecule has 4 rings (SSSR count). The average molecular weight is 331 g/mol. The van der Waals surface area contributed by atoms with Gasteiger partial charge in [-0.2, -0.15) is 0 Å². The lowest BCUT2D eigenvalue weighted by Gasteiger charge is -2.09. The van der Waals surface area contributed by atoms with E-state index in [1.165, 1.54) is 0 Å². The van der Waals surface area contributed by atoms with Gasteiger partial charge in [-0.3, -0.25) is 4.98 Å². The highest BCUT2D eigenvalue weighted by Gasteiger charge is 2.17. The highest BCUT2D eigenvalue weighted by molar-refractivity contribution is 5.81. The summed E-state index contributed by atoms with van der Waals surface area (Å²) in [5.74, 6) is 1.03. The number of fused-ring (bicyclic) bond motifs is 1. The lowest BCUT2D eigenvalue weighted by molar-refractivity contribution is 0.793. The van der Waals surface area contributed by atoms with Gasteiger partial charge in [0.25, 0.3) is 0 Å². The van der Waals surface area contributed by atoms with E-state index in [9.17, 15) is 0 Å². The van der Waals surface area contributed by atoms with Crippen LogP contribution < -0.4 is 11.5 Å². The number of anilines is 2. The Kier molecular flexibility index (Phi) is 3.53. The second kappa shape index (κ2) is 5.86. The molecule has 0 aliphatic rings. The molecule has 0 radical (unpaired) electrons. The van der Waals surface area contributed by atoms with Gasteiger partial charge in [-0.1, -0.05) is 12.1 Å². The van der Waals surface area contributed by atoms with Gasteiger partial charge in [0.15, 0.2) is 11.6 Å². The van der Waals surface area contributed by atoms with Crippen LogP contribution in [0.25, 0.3) is 33.8 Å². The predicted molar refractivity (Wildman–Crippen MR) is 98.5 cm³/mol. The average Bonchev–Trinajstić information content (AvgIpc) is 3.01. The van der Waals surface area contributed by atoms with E-state index < -0.39 is 0 Å². The molecule has 0 atom stereocenters. The maximum Gasteiger partial charge on any atom is 0.163 e. The minimum absolute atomic E-state index is 0.345. The first-order valence-corrected chi connectivity index (χ1v) is 7.96. The van der Waals surface area contributed by atoms with Gasteiger partial charge in [0.05, 0.1) is 23.6 Å². The van der Waals surface area contributed by atoms with Crippen LogP contribution in [-0.2, 0) is 6.54 Å². The SMILES string of the molecule is CCn1c(-c2nc(-c3ccc(N)cc3)cnc2N)nc2cnccc21. The third kappa shape index (κ3) is 2.55. The lowest BCUT2D eigenvalue weighted by atomic mass is 10.1. The van der Waals surface area contributed by atoms with E-state index in [1.807, 2.05) is 30.3 Å². The van der Waals surface area contributed by atoms with Crippen molar-refractivity contribution in [3.8, 4) is 22.8 Å². The van der Waals surface area contributed by atoms with Crippen molar-refractivity contribution >= 4 is 22.5 Å². The molecule has 0 saturated heterocycles. The minimum atomic E-state index is 0.345. The Morgan fingerprint density at radius 1 is 1.00 bits per heavy atom. The van der Waals surface area contributed by atoms with Crippen LogP contribution in [0.1, 0.15) is 6.92 Å². The zero-order valence-electron chi connectivity index (χ0n) is 13.7. The predicted octanol–water partition coefficient (Wildman–Crippen LogP) is 2.74. The van der Waals surface area contributed by atoms with Crippen molar-refractivity contribution in [1.29, 1.82) is 0 Å². The van der Waals surface area contributed by atoms with Crippen molar-refractivity contribution in [2.45, 2.75) is 13.5 Å². The number of benzene rings is 1. The number of pyridine rings is 1. The smallest absolute Gasteiger partial charge is 0.163 e. The fourth-order valence-corrected chi connectivity index (χ4v) is 2.84. The molecular formula is C18H17N7. The van der Waals surface area contributed by atoms with Crippen LogP contribution in [0, 0.1) is 0 Å². The van der Waals surface area contributed by atoms with Gasteiger partial charge in [-0.05, 0) is 25.1 Å². The third-order valence-corrected chi connectivity index (χ3v) is 4.09. The summed E-state index contributed by atoms with van der Waals surface area (Å²) in [6.45, 7) is 2.79. The summed E-state index contributed by atoms with van der Waals surface area (Å²) in [6.07, 6.45) is 5.14. The fourth-order valence-electron chi connectivity index (χ4n) is 2.84. The van der Waals surface area contributed by atoms with Crippen molar-refractivity contribution in [1.82, 2.24) is 24.5 Å². The van der Waals surface area contributed by atoms with E-state index in [-0.39, 0.29) is 0 Å². The molecule has 0 fully saturated rings. The highest BCUT2D eigenvalue weighted by atomic mass is 15.1. The number of imidazole rings is 1. The number of nitrogens with two attached hydrogens (primary N) is 2. The Balaban J connectivity index is 1.91. The Labute approximate surface area is 144 Å². The van der Waals surface area contributed by atoms with Gasteiger partial charge in [-0.25, -0.2) is 15.0 Å². The molecule has 0 bridgehead atoms. The van der Waals surface area contributed by atoms with Crippen LogP contribution in [0.4, 0.5) is 11.5 Å².